The van der Waals surface area contributed by atoms with E-state index < -0.39 is 30.3 Å². The smallest absolute Gasteiger partial charge is 0.392 e. The molecule has 2 aliphatic rings. The third kappa shape index (κ3) is 7.84. The van der Waals surface area contributed by atoms with Gasteiger partial charge in [0.25, 0.3) is 0 Å². The minimum absolute atomic E-state index is 0.0714. The lowest BCUT2D eigenvalue weighted by atomic mass is 9.90. The highest BCUT2D eigenvalue weighted by Gasteiger charge is 2.47. The number of hydrogen-bond acceptors (Lipinski definition) is 6. The zero-order chi connectivity index (χ0) is 35.6. The van der Waals surface area contributed by atoms with Crippen LogP contribution in [0, 0.1) is 5.92 Å². The van der Waals surface area contributed by atoms with Gasteiger partial charge in [-0.25, -0.2) is 4.98 Å². The second-order valence-corrected chi connectivity index (χ2v) is 13.2. The molecule has 264 valence electrons. The van der Waals surface area contributed by atoms with Crippen LogP contribution in [0.3, 0.4) is 0 Å². The van der Waals surface area contributed by atoms with E-state index in [1.807, 2.05) is 73.7 Å². The number of aliphatic hydroxyl groups excluding tert-OH is 1. The first-order chi connectivity index (χ1) is 23.9. The molecule has 2 saturated heterocycles. The van der Waals surface area contributed by atoms with E-state index in [1.165, 1.54) is 0 Å². The van der Waals surface area contributed by atoms with E-state index in [0.29, 0.717) is 23.0 Å². The molecule has 2 amide bonds. The fourth-order valence-corrected chi connectivity index (χ4v) is 6.78. The van der Waals surface area contributed by atoms with Crippen LogP contribution in [0.1, 0.15) is 54.4 Å². The summed E-state index contributed by atoms with van der Waals surface area (Å²) in [5.41, 5.74) is 4.90. The Hall–Kier alpha value is -3.94. The molecule has 0 aliphatic carbocycles. The Balaban J connectivity index is 1.20. The van der Waals surface area contributed by atoms with Crippen LogP contribution < -0.4 is 5.32 Å². The molecule has 2 fully saturated rings. The lowest BCUT2D eigenvalue weighted by molar-refractivity contribution is -0.276. The van der Waals surface area contributed by atoms with Gasteiger partial charge in [-0.15, -0.1) is 0 Å². The van der Waals surface area contributed by atoms with E-state index in [-0.39, 0.29) is 49.4 Å². The van der Waals surface area contributed by atoms with Gasteiger partial charge in [0.15, 0.2) is 11.4 Å². The SMILES string of the molecule is C[C@@H]1[C@H](Cn2cnc(Cl)c2Cl)O[C@H](c2cccc(-c3cccc(CNC(=O)[C@@H]4CCCN4C(=O)C(F)(F)F)c3)c2)O[C@@H]1c1ccc(CO)cc1. The summed E-state index contributed by atoms with van der Waals surface area (Å²) in [7, 11) is 0. The van der Waals surface area contributed by atoms with Crippen LogP contribution in [0.15, 0.2) is 79.1 Å². The average Bonchev–Trinajstić information content (AvgIpc) is 3.74. The number of carbonyl (C=O) groups excluding carboxylic acids is 2. The highest BCUT2D eigenvalue weighted by molar-refractivity contribution is 6.40. The van der Waals surface area contributed by atoms with Gasteiger partial charge >= 0.3 is 12.1 Å². The third-order valence-electron chi connectivity index (χ3n) is 9.18. The number of amides is 2. The molecule has 50 heavy (non-hydrogen) atoms. The second-order valence-electron chi connectivity index (χ2n) is 12.5. The number of rotatable bonds is 9. The van der Waals surface area contributed by atoms with Crippen LogP contribution in [0.2, 0.25) is 10.3 Å². The van der Waals surface area contributed by atoms with Crippen LogP contribution >= 0.6 is 23.2 Å². The predicted molar refractivity (Wildman–Crippen MR) is 180 cm³/mol. The van der Waals surface area contributed by atoms with Gasteiger partial charge < -0.3 is 29.4 Å². The lowest BCUT2D eigenvalue weighted by Crippen LogP contribution is -2.50. The Kier molecular flexibility index (Phi) is 10.8. The van der Waals surface area contributed by atoms with Gasteiger partial charge in [-0.1, -0.05) is 90.8 Å². The standard InChI is InChI=1S/C36H35Cl2F3N4O5/c1-21-29(18-44-20-43-31(37)32(44)38)49-34(50-30(21)24-12-10-22(19-46)11-13-24)27-8-3-7-26(16-27)25-6-2-5-23(15-25)17-42-33(47)28-9-4-14-45(28)35(48)36(39,40)41/h2-3,5-8,10-13,15-16,20-21,28-30,34,46H,4,9,14,17-19H2,1H3,(H,42,47)/t21-,28+,29+,30+,34+/m1/s1. The van der Waals surface area contributed by atoms with Crippen molar-refractivity contribution in [3.63, 3.8) is 0 Å². The zero-order valence-corrected chi connectivity index (χ0v) is 28.5. The van der Waals surface area contributed by atoms with E-state index in [1.54, 1.807) is 17.0 Å². The molecule has 3 aromatic carbocycles. The average molecular weight is 732 g/mol. The fourth-order valence-electron chi connectivity index (χ4n) is 6.47. The maximum Gasteiger partial charge on any atom is 0.471 e. The number of nitrogens with zero attached hydrogens (tertiary/aromatic N) is 3. The van der Waals surface area contributed by atoms with Gasteiger partial charge in [0.05, 0.1) is 31.7 Å². The molecule has 9 nitrogen and oxygen atoms in total. The number of halogens is 5. The Morgan fingerprint density at radius 3 is 2.38 bits per heavy atom. The molecule has 0 saturated carbocycles. The topological polar surface area (TPSA) is 106 Å². The van der Waals surface area contributed by atoms with Crippen LogP contribution in [0.25, 0.3) is 11.1 Å². The molecule has 0 spiro atoms. The van der Waals surface area contributed by atoms with Crippen molar-refractivity contribution in [3.05, 3.63) is 112 Å². The van der Waals surface area contributed by atoms with Crippen LogP contribution in [-0.4, -0.2) is 56.2 Å². The van der Waals surface area contributed by atoms with Crippen molar-refractivity contribution >= 4 is 35.0 Å². The number of aromatic nitrogens is 2. The summed E-state index contributed by atoms with van der Waals surface area (Å²) >= 11 is 12.5. The van der Waals surface area contributed by atoms with E-state index >= 15 is 0 Å². The maximum absolute atomic E-state index is 13.0. The normalized spacial score (nSPS) is 22.5. The summed E-state index contributed by atoms with van der Waals surface area (Å²) in [5.74, 6) is -2.73. The number of likely N-dealkylation sites (tertiary alicyclic amines) is 1. The largest absolute Gasteiger partial charge is 0.471 e. The fraction of sp³-hybridized carbons (Fsp3) is 0.361. The maximum atomic E-state index is 13.0. The minimum atomic E-state index is -5.03. The van der Waals surface area contributed by atoms with E-state index in [0.717, 1.165) is 33.4 Å². The van der Waals surface area contributed by atoms with E-state index in [9.17, 15) is 27.9 Å². The summed E-state index contributed by atoms with van der Waals surface area (Å²) in [6, 6.07) is 21.6. The zero-order valence-electron chi connectivity index (χ0n) is 26.9. The summed E-state index contributed by atoms with van der Waals surface area (Å²) in [4.78, 5) is 29.4. The molecular formula is C36H35Cl2F3N4O5. The van der Waals surface area contributed by atoms with Crippen LogP contribution in [0.4, 0.5) is 13.2 Å². The highest BCUT2D eigenvalue weighted by Crippen LogP contribution is 2.43. The number of benzene rings is 3. The number of nitrogens with one attached hydrogen (secondary N) is 1. The molecule has 6 rings (SSSR count). The second kappa shape index (κ2) is 15.1. The summed E-state index contributed by atoms with van der Waals surface area (Å²) in [6.45, 7) is 2.30. The molecule has 3 heterocycles. The number of imidazole rings is 1. The molecule has 1 aromatic heterocycles. The van der Waals surface area contributed by atoms with Gasteiger partial charge in [0, 0.05) is 24.6 Å². The monoisotopic (exact) mass is 730 g/mol. The molecular weight excluding hydrogens is 696 g/mol. The molecule has 2 N–H and O–H groups in total. The van der Waals surface area contributed by atoms with Crippen molar-refractivity contribution in [1.29, 1.82) is 0 Å². The molecule has 0 radical (unpaired) electrons. The molecule has 5 atom stereocenters. The van der Waals surface area contributed by atoms with Crippen molar-refractivity contribution < 1.29 is 37.3 Å². The number of aliphatic hydroxyl groups is 1. The first-order valence-corrected chi connectivity index (χ1v) is 16.9. The van der Waals surface area contributed by atoms with Gasteiger partial charge in [0.1, 0.15) is 11.2 Å². The highest BCUT2D eigenvalue weighted by atomic mass is 35.5. The quantitative estimate of drug-likeness (QED) is 0.192. The third-order valence-corrected chi connectivity index (χ3v) is 9.95. The number of hydrogen-bond donors (Lipinski definition) is 2. The van der Waals surface area contributed by atoms with Crippen molar-refractivity contribution in [1.82, 2.24) is 19.8 Å². The molecule has 4 aromatic rings. The van der Waals surface area contributed by atoms with E-state index in [4.69, 9.17) is 32.7 Å². The summed E-state index contributed by atoms with van der Waals surface area (Å²) in [6.07, 6.45) is -4.44. The number of ether oxygens (including phenoxy) is 2. The molecule has 0 unspecified atom stereocenters. The first-order valence-electron chi connectivity index (χ1n) is 16.1. The van der Waals surface area contributed by atoms with Crippen molar-refractivity contribution in [2.75, 3.05) is 6.54 Å². The van der Waals surface area contributed by atoms with Gasteiger partial charge in [-0.2, -0.15) is 13.2 Å². The van der Waals surface area contributed by atoms with Gasteiger partial charge in [0.2, 0.25) is 5.91 Å². The summed E-state index contributed by atoms with van der Waals surface area (Å²) in [5, 5.41) is 12.8. The molecule has 14 heteroatoms. The van der Waals surface area contributed by atoms with Crippen molar-refractivity contribution in [2.24, 2.45) is 5.92 Å². The Bertz CT molecular complexity index is 1840. The lowest BCUT2D eigenvalue weighted by Gasteiger charge is -2.41. The Labute approximate surface area is 296 Å². The van der Waals surface area contributed by atoms with Crippen molar-refractivity contribution in [3.8, 4) is 11.1 Å². The molecule has 0 bridgehead atoms. The summed E-state index contributed by atoms with van der Waals surface area (Å²) < 4.78 is 54.0. The number of carbonyl (C=O) groups is 2. The van der Waals surface area contributed by atoms with Gasteiger partial charge in [-0.05, 0) is 52.8 Å². The Morgan fingerprint density at radius 2 is 1.70 bits per heavy atom. The van der Waals surface area contributed by atoms with Crippen molar-refractivity contribution in [2.45, 2.75) is 70.2 Å². The van der Waals surface area contributed by atoms with Crippen LogP contribution in [0.5, 0.6) is 0 Å². The molecule has 2 aliphatic heterocycles. The van der Waals surface area contributed by atoms with Gasteiger partial charge in [-0.3, -0.25) is 9.59 Å². The number of alkyl halides is 3. The predicted octanol–water partition coefficient (Wildman–Crippen LogP) is 7.01. The van der Waals surface area contributed by atoms with Crippen LogP contribution in [-0.2, 0) is 38.8 Å². The Morgan fingerprint density at radius 1 is 0.980 bits per heavy atom. The first kappa shape index (κ1) is 35.9. The minimum Gasteiger partial charge on any atom is -0.392 e. The van der Waals surface area contributed by atoms with E-state index in [2.05, 4.69) is 10.3 Å².